The summed E-state index contributed by atoms with van der Waals surface area (Å²) in [5, 5.41) is 0.601. The number of likely N-dealkylation sites (tertiary alicyclic amines) is 1. The molecule has 0 bridgehead atoms. The molecular weight excluding hydrogens is 274 g/mol. The lowest BCUT2D eigenvalue weighted by molar-refractivity contribution is 0.1000. The van der Waals surface area contributed by atoms with Crippen molar-refractivity contribution in [3.05, 3.63) is 34.3 Å². The van der Waals surface area contributed by atoms with E-state index in [0.29, 0.717) is 16.5 Å². The molecule has 5 heteroatoms. The molecule has 1 amide bonds. The van der Waals surface area contributed by atoms with Crippen LogP contribution in [-0.4, -0.2) is 29.9 Å². The number of nitrogens with two attached hydrogens (primary N) is 2. The van der Waals surface area contributed by atoms with E-state index in [9.17, 15) is 4.79 Å². The van der Waals surface area contributed by atoms with Crippen LogP contribution in [0.4, 0.5) is 0 Å². The molecule has 2 atom stereocenters. The fourth-order valence-corrected chi connectivity index (χ4v) is 2.97. The molecule has 20 heavy (non-hydrogen) atoms. The molecule has 0 aromatic heterocycles. The summed E-state index contributed by atoms with van der Waals surface area (Å²) in [4.78, 5) is 13.5. The van der Waals surface area contributed by atoms with E-state index in [4.69, 9.17) is 23.1 Å². The monoisotopic (exact) mass is 295 g/mol. The third-order valence-electron chi connectivity index (χ3n) is 4.02. The molecule has 1 heterocycles. The Balaban J connectivity index is 2.04. The summed E-state index contributed by atoms with van der Waals surface area (Å²) in [5.74, 6) is 0.0980. The first-order valence-electron chi connectivity index (χ1n) is 7.03. The number of halogens is 1. The number of amides is 1. The maximum absolute atomic E-state index is 11.1. The molecule has 2 rings (SSSR count). The van der Waals surface area contributed by atoms with Crippen LogP contribution in [-0.2, 0) is 6.54 Å². The second-order valence-corrected chi connectivity index (χ2v) is 6.07. The van der Waals surface area contributed by atoms with Crippen molar-refractivity contribution in [1.82, 2.24) is 4.90 Å². The molecule has 0 spiro atoms. The Labute approximate surface area is 125 Å². The lowest BCUT2D eigenvalue weighted by Crippen LogP contribution is -2.41. The molecule has 1 aromatic carbocycles. The van der Waals surface area contributed by atoms with Crippen LogP contribution >= 0.6 is 11.6 Å². The molecule has 1 aliphatic rings. The van der Waals surface area contributed by atoms with Gasteiger partial charge in [-0.1, -0.05) is 17.7 Å². The highest BCUT2D eigenvalue weighted by atomic mass is 35.5. The van der Waals surface area contributed by atoms with Crippen LogP contribution in [0.1, 0.15) is 35.7 Å². The molecule has 110 valence electrons. The number of carbonyl (C=O) groups excluding carboxylic acids is 1. The number of hydrogen-bond acceptors (Lipinski definition) is 3. The molecule has 2 unspecified atom stereocenters. The molecule has 0 radical (unpaired) electrons. The summed E-state index contributed by atoms with van der Waals surface area (Å²) >= 11 is 6.23. The van der Waals surface area contributed by atoms with Crippen molar-refractivity contribution < 1.29 is 4.79 Å². The minimum atomic E-state index is -0.451. The van der Waals surface area contributed by atoms with Crippen LogP contribution in [0.5, 0.6) is 0 Å². The first-order valence-corrected chi connectivity index (χ1v) is 7.41. The fraction of sp³-hybridized carbons (Fsp3) is 0.533. The second kappa shape index (κ2) is 6.57. The summed E-state index contributed by atoms with van der Waals surface area (Å²) in [6, 6.07) is 5.49. The summed E-state index contributed by atoms with van der Waals surface area (Å²) in [6.45, 7) is 4.94. The lowest BCUT2D eigenvalue weighted by atomic mass is 9.92. The second-order valence-electron chi connectivity index (χ2n) is 5.67. The van der Waals surface area contributed by atoms with Crippen LogP contribution in [0.2, 0.25) is 5.02 Å². The average Bonchev–Trinajstić information content (AvgIpc) is 2.41. The maximum Gasteiger partial charge on any atom is 0.248 e. The Morgan fingerprint density at radius 1 is 1.55 bits per heavy atom. The van der Waals surface area contributed by atoms with Gasteiger partial charge in [0.25, 0.3) is 0 Å². The number of benzene rings is 1. The van der Waals surface area contributed by atoms with Crippen LogP contribution in [0.3, 0.4) is 0 Å². The summed E-state index contributed by atoms with van der Waals surface area (Å²) in [7, 11) is 0. The normalized spacial score (nSPS) is 21.6. The topological polar surface area (TPSA) is 72.3 Å². The Hall–Kier alpha value is -1.10. The van der Waals surface area contributed by atoms with E-state index in [1.165, 1.54) is 12.8 Å². The zero-order chi connectivity index (χ0) is 14.7. The van der Waals surface area contributed by atoms with E-state index in [-0.39, 0.29) is 6.04 Å². The van der Waals surface area contributed by atoms with Crippen LogP contribution < -0.4 is 11.5 Å². The molecule has 1 fully saturated rings. The predicted molar refractivity (Wildman–Crippen MR) is 81.6 cm³/mol. The number of carbonyl (C=O) groups is 1. The average molecular weight is 296 g/mol. The summed E-state index contributed by atoms with van der Waals surface area (Å²) < 4.78 is 0. The van der Waals surface area contributed by atoms with E-state index < -0.39 is 5.91 Å². The smallest absolute Gasteiger partial charge is 0.248 e. The SMILES string of the molecule is CC(N)C1CCCN(Cc2ccc(C(N)=O)cc2Cl)C1. The zero-order valence-corrected chi connectivity index (χ0v) is 12.6. The van der Waals surface area contributed by atoms with Crippen LogP contribution in [0, 0.1) is 5.92 Å². The lowest BCUT2D eigenvalue weighted by Gasteiger charge is -2.34. The summed E-state index contributed by atoms with van der Waals surface area (Å²) in [5.41, 5.74) is 12.7. The van der Waals surface area contributed by atoms with E-state index >= 15 is 0 Å². The van der Waals surface area contributed by atoms with Gasteiger partial charge in [0, 0.05) is 29.7 Å². The first-order chi connectivity index (χ1) is 9.47. The predicted octanol–water partition coefficient (Wildman–Crippen LogP) is 2.00. The van der Waals surface area contributed by atoms with Gasteiger partial charge in [0.2, 0.25) is 5.91 Å². The molecule has 1 aliphatic heterocycles. The molecule has 4 N–H and O–H groups in total. The van der Waals surface area contributed by atoms with E-state index in [1.54, 1.807) is 12.1 Å². The van der Waals surface area contributed by atoms with Crippen molar-refractivity contribution in [1.29, 1.82) is 0 Å². The Bertz CT molecular complexity index is 490. The Morgan fingerprint density at radius 2 is 2.30 bits per heavy atom. The Kier molecular flexibility index (Phi) is 5.02. The number of primary amides is 1. The quantitative estimate of drug-likeness (QED) is 0.892. The van der Waals surface area contributed by atoms with Gasteiger partial charge in [0.1, 0.15) is 0 Å². The molecule has 4 nitrogen and oxygen atoms in total. The van der Waals surface area contributed by atoms with Crippen molar-refractivity contribution in [3.8, 4) is 0 Å². The molecule has 1 aromatic rings. The molecule has 0 aliphatic carbocycles. The first kappa shape index (κ1) is 15.3. The highest BCUT2D eigenvalue weighted by molar-refractivity contribution is 6.31. The molecule has 0 saturated carbocycles. The third-order valence-corrected chi connectivity index (χ3v) is 4.37. The third kappa shape index (κ3) is 3.72. The van der Waals surface area contributed by atoms with Gasteiger partial charge in [-0.3, -0.25) is 9.69 Å². The van der Waals surface area contributed by atoms with Crippen molar-refractivity contribution in [2.45, 2.75) is 32.4 Å². The van der Waals surface area contributed by atoms with E-state index in [0.717, 1.165) is 25.2 Å². The van der Waals surface area contributed by atoms with E-state index in [1.807, 2.05) is 6.07 Å². The maximum atomic E-state index is 11.1. The Morgan fingerprint density at radius 3 is 2.90 bits per heavy atom. The van der Waals surface area contributed by atoms with Gasteiger partial charge in [-0.05, 0) is 49.9 Å². The highest BCUT2D eigenvalue weighted by Gasteiger charge is 2.23. The molecular formula is C15H22ClN3O. The fourth-order valence-electron chi connectivity index (χ4n) is 2.73. The van der Waals surface area contributed by atoms with Gasteiger partial charge < -0.3 is 11.5 Å². The number of piperidine rings is 1. The standard InChI is InChI=1S/C15H22ClN3O/c1-10(17)12-3-2-6-19(8-12)9-13-5-4-11(15(18)20)7-14(13)16/h4-5,7,10,12H,2-3,6,8-9,17H2,1H3,(H2,18,20). The van der Waals surface area contributed by atoms with Gasteiger partial charge in [-0.2, -0.15) is 0 Å². The number of nitrogens with zero attached hydrogens (tertiary/aromatic N) is 1. The number of rotatable bonds is 4. The summed E-state index contributed by atoms with van der Waals surface area (Å²) in [6.07, 6.45) is 2.37. The van der Waals surface area contributed by atoms with Gasteiger partial charge >= 0.3 is 0 Å². The van der Waals surface area contributed by atoms with Gasteiger partial charge in [-0.15, -0.1) is 0 Å². The van der Waals surface area contributed by atoms with Crippen molar-refractivity contribution in [2.75, 3.05) is 13.1 Å². The zero-order valence-electron chi connectivity index (χ0n) is 11.8. The van der Waals surface area contributed by atoms with Crippen molar-refractivity contribution in [2.24, 2.45) is 17.4 Å². The van der Waals surface area contributed by atoms with Crippen LogP contribution in [0.25, 0.3) is 0 Å². The van der Waals surface area contributed by atoms with E-state index in [2.05, 4.69) is 11.8 Å². The largest absolute Gasteiger partial charge is 0.366 e. The van der Waals surface area contributed by atoms with Crippen molar-refractivity contribution in [3.63, 3.8) is 0 Å². The van der Waals surface area contributed by atoms with Crippen LogP contribution in [0.15, 0.2) is 18.2 Å². The number of hydrogen-bond donors (Lipinski definition) is 2. The van der Waals surface area contributed by atoms with Gasteiger partial charge in [-0.25, -0.2) is 0 Å². The highest BCUT2D eigenvalue weighted by Crippen LogP contribution is 2.24. The minimum absolute atomic E-state index is 0.227. The molecule has 1 saturated heterocycles. The van der Waals surface area contributed by atoms with Gasteiger partial charge in [0.15, 0.2) is 0 Å². The van der Waals surface area contributed by atoms with Crippen molar-refractivity contribution >= 4 is 17.5 Å². The minimum Gasteiger partial charge on any atom is -0.366 e. The van der Waals surface area contributed by atoms with Gasteiger partial charge in [0.05, 0.1) is 0 Å².